The summed E-state index contributed by atoms with van der Waals surface area (Å²) in [7, 11) is 4.85. The van der Waals surface area contributed by atoms with Gasteiger partial charge in [0.15, 0.2) is 0 Å². The van der Waals surface area contributed by atoms with Gasteiger partial charge in [0, 0.05) is 38.3 Å². The van der Waals surface area contributed by atoms with Crippen molar-refractivity contribution in [3.05, 3.63) is 65.7 Å². The Bertz CT molecular complexity index is 1230. The van der Waals surface area contributed by atoms with E-state index < -0.39 is 11.9 Å². The Morgan fingerprint density at radius 2 is 1.30 bits per heavy atom. The van der Waals surface area contributed by atoms with Crippen LogP contribution in [-0.4, -0.2) is 85.4 Å². The molecule has 2 N–H and O–H groups in total. The van der Waals surface area contributed by atoms with E-state index in [2.05, 4.69) is 35.2 Å². The van der Waals surface area contributed by atoms with Gasteiger partial charge in [-0.15, -0.1) is 0 Å². The number of aliphatic carboxylic acids is 2. The molecular weight excluding hydrogens is 480 g/mol. The maximum atomic E-state index is 13.2. The molecule has 0 bridgehead atoms. The number of methoxy groups -OCH3 is 3. The van der Waals surface area contributed by atoms with Crippen LogP contribution in [0.2, 0.25) is 0 Å². The van der Waals surface area contributed by atoms with Crippen molar-refractivity contribution >= 4 is 28.6 Å². The lowest BCUT2D eigenvalue weighted by Gasteiger charge is -2.35. The fourth-order valence-electron chi connectivity index (χ4n) is 4.22. The summed E-state index contributed by atoms with van der Waals surface area (Å²) in [4.78, 5) is 35.7. The van der Waals surface area contributed by atoms with Crippen LogP contribution in [0.15, 0.2) is 54.6 Å². The summed E-state index contributed by atoms with van der Waals surface area (Å²) in [6, 6.07) is 17.9. The number of hydrogen-bond donors (Lipinski definition) is 2. The number of carbonyl (C=O) groups excluding carboxylic acids is 1. The van der Waals surface area contributed by atoms with Crippen LogP contribution >= 0.6 is 0 Å². The lowest BCUT2D eigenvalue weighted by atomic mass is 10.0. The first kappa shape index (κ1) is 27.3. The minimum atomic E-state index is -1.82. The summed E-state index contributed by atoms with van der Waals surface area (Å²) in [5.74, 6) is -1.74. The highest BCUT2D eigenvalue weighted by Crippen LogP contribution is 2.31. The zero-order valence-electron chi connectivity index (χ0n) is 21.0. The molecule has 1 heterocycles. The van der Waals surface area contributed by atoms with Gasteiger partial charge in [0.1, 0.15) is 22.8 Å². The van der Waals surface area contributed by atoms with Crippen LogP contribution in [-0.2, 0) is 16.1 Å². The molecular formula is C27H30N2O8. The molecule has 1 saturated heterocycles. The number of carbonyl (C=O) groups is 3. The second-order valence-electron chi connectivity index (χ2n) is 8.18. The van der Waals surface area contributed by atoms with Gasteiger partial charge in [0.25, 0.3) is 5.91 Å². The maximum Gasteiger partial charge on any atom is 0.414 e. The summed E-state index contributed by atoms with van der Waals surface area (Å²) in [6.07, 6.45) is 0. The van der Waals surface area contributed by atoms with Crippen molar-refractivity contribution in [1.29, 1.82) is 0 Å². The molecule has 0 unspecified atom stereocenters. The third kappa shape index (κ3) is 6.47. The molecule has 196 valence electrons. The second kappa shape index (κ2) is 12.6. The normalized spacial score (nSPS) is 13.3. The van der Waals surface area contributed by atoms with Crippen molar-refractivity contribution in [3.63, 3.8) is 0 Å². The van der Waals surface area contributed by atoms with Crippen molar-refractivity contribution < 1.29 is 38.8 Å². The third-order valence-corrected chi connectivity index (χ3v) is 6.08. The first-order chi connectivity index (χ1) is 17.8. The molecule has 0 aromatic heterocycles. The Balaban J connectivity index is 0.000000568. The number of rotatable bonds is 6. The van der Waals surface area contributed by atoms with E-state index in [0.717, 1.165) is 25.4 Å². The van der Waals surface area contributed by atoms with E-state index in [1.54, 1.807) is 33.5 Å². The molecule has 0 radical (unpaired) electrons. The average molecular weight is 511 g/mol. The van der Waals surface area contributed by atoms with Crippen LogP contribution in [0.5, 0.6) is 17.2 Å². The molecule has 10 nitrogen and oxygen atoms in total. The molecule has 37 heavy (non-hydrogen) atoms. The van der Waals surface area contributed by atoms with Gasteiger partial charge in [-0.1, -0.05) is 36.4 Å². The summed E-state index contributed by atoms with van der Waals surface area (Å²) >= 11 is 0. The summed E-state index contributed by atoms with van der Waals surface area (Å²) in [6.45, 7) is 3.65. The standard InChI is InChI=1S/C25H28N2O4.C2H2O4/c1-29-21-12-11-18-7-4-5-8-19(18)20(21)17-26-13-15-27(16-14-26)25(28)24-22(30-2)9-6-10-23(24)31-3;3-1(4)2(5)6/h4-12H,13-17H2,1-3H3;(H,3,4)(H,5,6). The smallest absolute Gasteiger partial charge is 0.414 e. The predicted octanol–water partition coefficient (Wildman–Crippen LogP) is 2.98. The summed E-state index contributed by atoms with van der Waals surface area (Å²) < 4.78 is 16.5. The minimum Gasteiger partial charge on any atom is -0.496 e. The van der Waals surface area contributed by atoms with E-state index in [4.69, 9.17) is 34.0 Å². The van der Waals surface area contributed by atoms with Gasteiger partial charge >= 0.3 is 11.9 Å². The van der Waals surface area contributed by atoms with E-state index in [1.165, 1.54) is 16.3 Å². The number of amides is 1. The Morgan fingerprint density at radius 1 is 0.730 bits per heavy atom. The fraction of sp³-hybridized carbons (Fsp3) is 0.296. The molecule has 10 heteroatoms. The van der Waals surface area contributed by atoms with Gasteiger partial charge in [-0.25, -0.2) is 9.59 Å². The third-order valence-electron chi connectivity index (χ3n) is 6.08. The van der Waals surface area contributed by atoms with Crippen LogP contribution in [0.4, 0.5) is 0 Å². The van der Waals surface area contributed by atoms with Gasteiger partial charge in [-0.2, -0.15) is 0 Å². The molecule has 3 aromatic rings. The van der Waals surface area contributed by atoms with Gasteiger partial charge in [-0.05, 0) is 29.0 Å². The number of ether oxygens (including phenoxy) is 3. The highest BCUT2D eigenvalue weighted by atomic mass is 16.5. The summed E-state index contributed by atoms with van der Waals surface area (Å²) in [5.41, 5.74) is 1.67. The maximum absolute atomic E-state index is 13.2. The highest BCUT2D eigenvalue weighted by Gasteiger charge is 2.27. The minimum absolute atomic E-state index is 0.0586. The number of carboxylic acid groups (broad SMARTS) is 2. The number of nitrogens with zero attached hydrogens (tertiary/aromatic N) is 2. The average Bonchev–Trinajstić information content (AvgIpc) is 2.93. The molecule has 4 rings (SSSR count). The van der Waals surface area contributed by atoms with Crippen molar-refractivity contribution in [2.75, 3.05) is 47.5 Å². The van der Waals surface area contributed by atoms with Crippen molar-refractivity contribution in [2.24, 2.45) is 0 Å². The number of carboxylic acids is 2. The van der Waals surface area contributed by atoms with Crippen LogP contribution in [0.1, 0.15) is 15.9 Å². The molecule has 0 spiro atoms. The molecule has 3 aromatic carbocycles. The van der Waals surface area contributed by atoms with Gasteiger partial charge in [0.2, 0.25) is 0 Å². The first-order valence-corrected chi connectivity index (χ1v) is 11.5. The molecule has 0 saturated carbocycles. The van der Waals surface area contributed by atoms with E-state index in [1.807, 2.05) is 17.0 Å². The Kier molecular flexibility index (Phi) is 9.28. The Labute approximate surface area is 214 Å². The lowest BCUT2D eigenvalue weighted by Crippen LogP contribution is -2.48. The zero-order valence-corrected chi connectivity index (χ0v) is 21.0. The molecule has 1 aliphatic rings. The van der Waals surface area contributed by atoms with E-state index in [0.29, 0.717) is 30.2 Å². The number of hydrogen-bond acceptors (Lipinski definition) is 7. The van der Waals surface area contributed by atoms with Gasteiger partial charge in [-0.3, -0.25) is 9.69 Å². The monoisotopic (exact) mass is 510 g/mol. The Morgan fingerprint density at radius 3 is 1.84 bits per heavy atom. The SMILES string of the molecule is COc1cccc(OC)c1C(=O)N1CCN(Cc2c(OC)ccc3ccccc23)CC1.O=C(O)C(=O)O. The largest absolute Gasteiger partial charge is 0.496 e. The van der Waals surface area contributed by atoms with Crippen LogP contribution in [0, 0.1) is 0 Å². The fourth-order valence-corrected chi connectivity index (χ4v) is 4.22. The first-order valence-electron chi connectivity index (χ1n) is 11.5. The Hall–Kier alpha value is -4.31. The molecule has 1 amide bonds. The number of fused-ring (bicyclic) bond motifs is 1. The van der Waals surface area contributed by atoms with E-state index in [9.17, 15) is 4.79 Å². The van der Waals surface area contributed by atoms with E-state index in [-0.39, 0.29) is 5.91 Å². The number of piperazine rings is 1. The molecule has 1 aliphatic heterocycles. The van der Waals surface area contributed by atoms with Crippen LogP contribution in [0.25, 0.3) is 10.8 Å². The quantitative estimate of drug-likeness (QED) is 0.481. The van der Waals surface area contributed by atoms with E-state index >= 15 is 0 Å². The molecule has 0 atom stereocenters. The van der Waals surface area contributed by atoms with Crippen LogP contribution < -0.4 is 14.2 Å². The predicted molar refractivity (Wildman–Crippen MR) is 136 cm³/mol. The number of benzene rings is 3. The van der Waals surface area contributed by atoms with Crippen molar-refractivity contribution in [3.8, 4) is 17.2 Å². The highest BCUT2D eigenvalue weighted by molar-refractivity contribution is 6.27. The van der Waals surface area contributed by atoms with Gasteiger partial charge < -0.3 is 29.3 Å². The molecule has 1 fully saturated rings. The van der Waals surface area contributed by atoms with Crippen molar-refractivity contribution in [1.82, 2.24) is 9.80 Å². The van der Waals surface area contributed by atoms with Crippen LogP contribution in [0.3, 0.4) is 0 Å². The lowest BCUT2D eigenvalue weighted by molar-refractivity contribution is -0.159. The summed E-state index contributed by atoms with van der Waals surface area (Å²) in [5, 5.41) is 17.2. The second-order valence-corrected chi connectivity index (χ2v) is 8.18. The molecule has 0 aliphatic carbocycles. The topological polar surface area (TPSA) is 126 Å². The van der Waals surface area contributed by atoms with Crippen molar-refractivity contribution in [2.45, 2.75) is 6.54 Å². The zero-order chi connectivity index (χ0) is 26.9. The van der Waals surface area contributed by atoms with Gasteiger partial charge in [0.05, 0.1) is 21.3 Å².